The van der Waals surface area contributed by atoms with Crippen molar-refractivity contribution >= 4 is 29.1 Å². The Morgan fingerprint density at radius 2 is 1.80 bits per heavy atom. The van der Waals surface area contributed by atoms with Gasteiger partial charge in [0.2, 0.25) is 5.91 Å². The van der Waals surface area contributed by atoms with E-state index in [1.807, 2.05) is 6.07 Å². The van der Waals surface area contributed by atoms with Gasteiger partial charge in [-0.25, -0.2) is 0 Å². The smallest absolute Gasteiger partial charge is 0.260 e. The van der Waals surface area contributed by atoms with Gasteiger partial charge in [-0.3, -0.25) is 9.59 Å². The highest BCUT2D eigenvalue weighted by Gasteiger charge is 2.14. The normalized spacial score (nSPS) is 9.80. The second-order valence-corrected chi connectivity index (χ2v) is 5.67. The van der Waals surface area contributed by atoms with Gasteiger partial charge in [0.25, 0.3) is 5.91 Å². The molecule has 2 rings (SSSR count). The number of carbonyl (C=O) groups is 2. The number of hydrogen-bond acceptors (Lipinski definition) is 4. The fraction of sp³-hybridized carbons (Fsp3) is 0.167. The van der Waals surface area contributed by atoms with Crippen molar-refractivity contribution in [1.29, 1.82) is 5.26 Å². The minimum atomic E-state index is -0.337. The van der Waals surface area contributed by atoms with Crippen LogP contribution in [0.4, 0.5) is 5.69 Å². The number of halogens is 1. The molecule has 128 valence electrons. The molecule has 6 nitrogen and oxygen atoms in total. The predicted octanol–water partition coefficient (Wildman–Crippen LogP) is 2.69. The highest BCUT2D eigenvalue weighted by atomic mass is 35.5. The number of benzene rings is 2. The van der Waals surface area contributed by atoms with E-state index in [0.29, 0.717) is 22.0 Å². The first kappa shape index (κ1) is 18.3. The van der Waals surface area contributed by atoms with Gasteiger partial charge in [0.1, 0.15) is 5.75 Å². The van der Waals surface area contributed by atoms with Crippen LogP contribution in [0.1, 0.15) is 5.56 Å². The zero-order valence-electron chi connectivity index (χ0n) is 13.5. The minimum Gasteiger partial charge on any atom is -0.484 e. The van der Waals surface area contributed by atoms with Crippen LogP contribution < -0.4 is 10.1 Å². The average Bonchev–Trinajstić information content (AvgIpc) is 2.62. The molecule has 0 saturated heterocycles. The lowest BCUT2D eigenvalue weighted by molar-refractivity contribution is -0.135. The van der Waals surface area contributed by atoms with E-state index in [9.17, 15) is 9.59 Å². The Morgan fingerprint density at radius 1 is 1.16 bits per heavy atom. The summed E-state index contributed by atoms with van der Waals surface area (Å²) >= 11 is 5.78. The molecular weight excluding hydrogens is 342 g/mol. The monoisotopic (exact) mass is 357 g/mol. The summed E-state index contributed by atoms with van der Waals surface area (Å²) in [6.07, 6.45) is 0. The van der Waals surface area contributed by atoms with Crippen LogP contribution in [0.3, 0.4) is 0 Å². The number of nitrogens with one attached hydrogen (secondary N) is 1. The van der Waals surface area contributed by atoms with Gasteiger partial charge in [0.05, 0.1) is 18.2 Å². The van der Waals surface area contributed by atoms with E-state index < -0.39 is 0 Å². The van der Waals surface area contributed by atoms with E-state index in [2.05, 4.69) is 5.32 Å². The summed E-state index contributed by atoms with van der Waals surface area (Å²) < 4.78 is 5.35. The van der Waals surface area contributed by atoms with Crippen molar-refractivity contribution < 1.29 is 14.3 Å². The maximum Gasteiger partial charge on any atom is 0.260 e. The van der Waals surface area contributed by atoms with Crippen molar-refractivity contribution in [2.24, 2.45) is 0 Å². The van der Waals surface area contributed by atoms with Crippen molar-refractivity contribution in [3.8, 4) is 11.8 Å². The van der Waals surface area contributed by atoms with Gasteiger partial charge in [-0.1, -0.05) is 11.6 Å². The number of ether oxygens (including phenoxy) is 1. The standard InChI is InChI=1S/C18H16ClN3O3/c1-22(11-17(23)21-15-6-4-14(19)5-7-15)18(24)12-25-16-8-2-13(10-20)3-9-16/h2-9H,11-12H2,1H3,(H,21,23). The lowest BCUT2D eigenvalue weighted by Gasteiger charge is -2.17. The number of anilines is 1. The Morgan fingerprint density at radius 3 is 2.40 bits per heavy atom. The highest BCUT2D eigenvalue weighted by Crippen LogP contribution is 2.13. The van der Waals surface area contributed by atoms with Crippen molar-refractivity contribution in [3.05, 3.63) is 59.1 Å². The molecule has 2 aromatic rings. The van der Waals surface area contributed by atoms with Crippen LogP contribution in [0, 0.1) is 11.3 Å². The first-order valence-electron chi connectivity index (χ1n) is 7.40. The van der Waals surface area contributed by atoms with Gasteiger partial charge in [-0.05, 0) is 48.5 Å². The molecule has 0 aliphatic rings. The summed E-state index contributed by atoms with van der Waals surface area (Å²) in [7, 11) is 1.52. The second-order valence-electron chi connectivity index (χ2n) is 5.23. The van der Waals surface area contributed by atoms with Crippen molar-refractivity contribution in [2.45, 2.75) is 0 Å². The summed E-state index contributed by atoms with van der Waals surface area (Å²) in [6, 6.07) is 15.1. The van der Waals surface area contributed by atoms with Crippen LogP contribution in [0.2, 0.25) is 5.02 Å². The molecule has 0 aliphatic carbocycles. The number of carbonyl (C=O) groups excluding carboxylic acids is 2. The third-order valence-corrected chi connectivity index (χ3v) is 3.53. The molecule has 2 amide bonds. The molecule has 0 saturated carbocycles. The third kappa shape index (κ3) is 5.83. The molecule has 0 spiro atoms. The van der Waals surface area contributed by atoms with E-state index in [0.717, 1.165) is 0 Å². The maximum atomic E-state index is 12.0. The van der Waals surface area contributed by atoms with Crippen LogP contribution in [0.15, 0.2) is 48.5 Å². The largest absolute Gasteiger partial charge is 0.484 e. The molecule has 0 aromatic heterocycles. The van der Waals surface area contributed by atoms with E-state index in [1.165, 1.54) is 11.9 Å². The van der Waals surface area contributed by atoms with Crippen molar-refractivity contribution in [3.63, 3.8) is 0 Å². The summed E-state index contributed by atoms with van der Waals surface area (Å²) in [4.78, 5) is 25.2. The molecule has 0 atom stereocenters. The number of likely N-dealkylation sites (N-methyl/N-ethyl adjacent to an activating group) is 1. The molecule has 2 aromatic carbocycles. The SMILES string of the molecule is CN(CC(=O)Nc1ccc(Cl)cc1)C(=O)COc1ccc(C#N)cc1. The Kier molecular flexibility index (Phi) is 6.38. The van der Waals surface area contributed by atoms with Gasteiger partial charge in [0, 0.05) is 17.8 Å². The summed E-state index contributed by atoms with van der Waals surface area (Å²) in [6.45, 7) is -0.297. The quantitative estimate of drug-likeness (QED) is 0.861. The molecule has 1 N–H and O–H groups in total. The summed E-state index contributed by atoms with van der Waals surface area (Å²) in [5.74, 6) is -0.182. The topological polar surface area (TPSA) is 82.4 Å². The zero-order chi connectivity index (χ0) is 18.2. The van der Waals surface area contributed by atoms with Gasteiger partial charge in [0.15, 0.2) is 6.61 Å². The summed E-state index contributed by atoms with van der Waals surface area (Å²) in [5.41, 5.74) is 1.11. The summed E-state index contributed by atoms with van der Waals surface area (Å²) in [5, 5.41) is 12.0. The van der Waals surface area contributed by atoms with E-state index >= 15 is 0 Å². The average molecular weight is 358 g/mol. The number of nitriles is 1. The Hall–Kier alpha value is -3.04. The van der Waals surface area contributed by atoms with Crippen LogP contribution in [-0.4, -0.2) is 36.9 Å². The van der Waals surface area contributed by atoms with Crippen LogP contribution >= 0.6 is 11.6 Å². The van der Waals surface area contributed by atoms with Crippen LogP contribution in [0.25, 0.3) is 0 Å². The van der Waals surface area contributed by atoms with Crippen molar-refractivity contribution in [2.75, 3.05) is 25.5 Å². The van der Waals surface area contributed by atoms with Gasteiger partial charge >= 0.3 is 0 Å². The van der Waals surface area contributed by atoms with Gasteiger partial charge < -0.3 is 15.0 Å². The number of hydrogen-bond donors (Lipinski definition) is 1. The van der Waals surface area contributed by atoms with E-state index in [1.54, 1.807) is 48.5 Å². The first-order valence-corrected chi connectivity index (χ1v) is 7.78. The van der Waals surface area contributed by atoms with Gasteiger partial charge in [-0.2, -0.15) is 5.26 Å². The molecule has 25 heavy (non-hydrogen) atoms. The predicted molar refractivity (Wildman–Crippen MR) is 94.4 cm³/mol. The van der Waals surface area contributed by atoms with Crippen LogP contribution in [-0.2, 0) is 9.59 Å². The van der Waals surface area contributed by atoms with Crippen LogP contribution in [0.5, 0.6) is 5.75 Å². The lowest BCUT2D eigenvalue weighted by Crippen LogP contribution is -2.37. The van der Waals surface area contributed by atoms with Crippen molar-refractivity contribution in [1.82, 2.24) is 4.90 Å². The maximum absolute atomic E-state index is 12.0. The molecule has 0 fully saturated rings. The number of nitrogens with zero attached hydrogens (tertiary/aromatic N) is 2. The third-order valence-electron chi connectivity index (χ3n) is 3.28. The number of amides is 2. The molecule has 0 radical (unpaired) electrons. The Bertz CT molecular complexity index is 783. The van der Waals surface area contributed by atoms with E-state index in [-0.39, 0.29) is 25.0 Å². The molecule has 0 aliphatic heterocycles. The Labute approximate surface area is 150 Å². The molecular formula is C18H16ClN3O3. The molecule has 0 heterocycles. The Balaban J connectivity index is 1.79. The van der Waals surface area contributed by atoms with E-state index in [4.69, 9.17) is 21.6 Å². The lowest BCUT2D eigenvalue weighted by atomic mass is 10.2. The fourth-order valence-electron chi connectivity index (χ4n) is 1.92. The number of rotatable bonds is 6. The first-order chi connectivity index (χ1) is 12.0. The molecule has 0 bridgehead atoms. The minimum absolute atomic E-state index is 0.0990. The fourth-order valence-corrected chi connectivity index (χ4v) is 2.04. The zero-order valence-corrected chi connectivity index (χ0v) is 14.3. The molecule has 7 heteroatoms. The highest BCUT2D eigenvalue weighted by molar-refractivity contribution is 6.30. The second kappa shape index (κ2) is 8.71. The van der Waals surface area contributed by atoms with Gasteiger partial charge in [-0.15, -0.1) is 0 Å². The molecule has 0 unspecified atom stereocenters.